The Kier molecular flexibility index (Phi) is 7.04. The predicted octanol–water partition coefficient (Wildman–Crippen LogP) is 4.09. The lowest BCUT2D eigenvalue weighted by Gasteiger charge is -2.12. The number of non-ortho nitro benzene ring substituents is 1. The van der Waals surface area contributed by atoms with Gasteiger partial charge in [-0.15, -0.1) is 0 Å². The van der Waals surface area contributed by atoms with Crippen molar-refractivity contribution in [2.75, 3.05) is 12.4 Å². The maximum atomic E-state index is 11.0. The highest BCUT2D eigenvalue weighted by Crippen LogP contribution is 2.22. The van der Waals surface area contributed by atoms with Crippen molar-refractivity contribution in [3.05, 3.63) is 64.2 Å². The van der Waals surface area contributed by atoms with E-state index in [0.29, 0.717) is 28.6 Å². The summed E-state index contributed by atoms with van der Waals surface area (Å²) in [4.78, 5) is 10.5. The fourth-order valence-electron chi connectivity index (χ4n) is 2.32. The number of hydrazone groups is 1. The highest BCUT2D eigenvalue weighted by Gasteiger charge is 2.10. The number of hydrogen-bond donors (Lipinski definition) is 2. The summed E-state index contributed by atoms with van der Waals surface area (Å²) in [5, 5.41) is 18.6. The fraction of sp³-hybridized carbons (Fsp3) is 0.222. The number of thiocarbonyl (C=S) groups is 1. The summed E-state index contributed by atoms with van der Waals surface area (Å²) in [7, 11) is 1.58. The molecule has 2 rings (SSSR count). The molecule has 136 valence electrons. The van der Waals surface area contributed by atoms with Gasteiger partial charge in [0.1, 0.15) is 5.75 Å². The number of nitrogens with zero attached hydrogens (tertiary/aromatic N) is 2. The smallest absolute Gasteiger partial charge is 0.270 e. The SMILES string of the molecule is CCC/C(=N/NC(=S)Nc1ccccc1OC)c1cccc([N+](=O)[O-])c1. The molecule has 0 atom stereocenters. The number of hydrogen-bond acceptors (Lipinski definition) is 5. The molecule has 0 spiro atoms. The molecule has 2 aromatic rings. The maximum Gasteiger partial charge on any atom is 0.270 e. The first kappa shape index (κ1) is 19.3. The number of nitro benzene ring substituents is 1. The van der Waals surface area contributed by atoms with Crippen LogP contribution in [-0.4, -0.2) is 22.9 Å². The van der Waals surface area contributed by atoms with E-state index in [1.54, 1.807) is 19.2 Å². The van der Waals surface area contributed by atoms with E-state index in [9.17, 15) is 10.1 Å². The topological polar surface area (TPSA) is 88.8 Å². The van der Waals surface area contributed by atoms with Crippen LogP contribution in [0.1, 0.15) is 25.3 Å². The predicted molar refractivity (Wildman–Crippen MR) is 107 cm³/mol. The van der Waals surface area contributed by atoms with Gasteiger partial charge in [0.2, 0.25) is 0 Å². The van der Waals surface area contributed by atoms with E-state index in [1.807, 2.05) is 31.2 Å². The number of anilines is 1. The Bertz CT molecular complexity index is 824. The van der Waals surface area contributed by atoms with E-state index in [-0.39, 0.29) is 5.69 Å². The third-order valence-corrected chi connectivity index (χ3v) is 3.72. The van der Waals surface area contributed by atoms with Gasteiger partial charge in [0.05, 0.1) is 23.4 Å². The second kappa shape index (κ2) is 9.47. The number of para-hydroxylation sites is 2. The average Bonchev–Trinajstić information content (AvgIpc) is 2.65. The first-order valence-corrected chi connectivity index (χ1v) is 8.47. The monoisotopic (exact) mass is 372 g/mol. The van der Waals surface area contributed by atoms with E-state index in [0.717, 1.165) is 12.1 Å². The molecule has 0 aromatic heterocycles. The van der Waals surface area contributed by atoms with Crippen LogP contribution in [0.4, 0.5) is 11.4 Å². The number of benzene rings is 2. The molecule has 0 unspecified atom stereocenters. The second-order valence-electron chi connectivity index (χ2n) is 5.38. The van der Waals surface area contributed by atoms with Gasteiger partial charge in [-0.2, -0.15) is 5.10 Å². The van der Waals surface area contributed by atoms with Crippen molar-refractivity contribution in [2.24, 2.45) is 5.10 Å². The molecule has 0 amide bonds. The molecule has 0 heterocycles. The zero-order chi connectivity index (χ0) is 18.9. The van der Waals surface area contributed by atoms with Crippen molar-refractivity contribution < 1.29 is 9.66 Å². The molecule has 26 heavy (non-hydrogen) atoms. The maximum absolute atomic E-state index is 11.0. The Morgan fingerprint density at radius 2 is 2.04 bits per heavy atom. The number of rotatable bonds is 7. The lowest BCUT2D eigenvalue weighted by Crippen LogP contribution is -2.25. The van der Waals surface area contributed by atoms with Crippen molar-refractivity contribution in [1.29, 1.82) is 0 Å². The Morgan fingerprint density at radius 3 is 2.73 bits per heavy atom. The van der Waals surface area contributed by atoms with E-state index < -0.39 is 4.92 Å². The summed E-state index contributed by atoms with van der Waals surface area (Å²) in [6.45, 7) is 2.01. The minimum Gasteiger partial charge on any atom is -0.495 e. The zero-order valence-corrected chi connectivity index (χ0v) is 15.4. The molecular formula is C18H20N4O3S. The zero-order valence-electron chi connectivity index (χ0n) is 14.6. The van der Waals surface area contributed by atoms with Crippen molar-refractivity contribution in [1.82, 2.24) is 5.43 Å². The van der Waals surface area contributed by atoms with Crippen LogP contribution in [0.25, 0.3) is 0 Å². The number of ether oxygens (including phenoxy) is 1. The summed E-state index contributed by atoms with van der Waals surface area (Å²) in [6.07, 6.45) is 1.50. The van der Waals surface area contributed by atoms with Gasteiger partial charge in [0.25, 0.3) is 5.69 Å². The van der Waals surface area contributed by atoms with Crippen LogP contribution in [0.15, 0.2) is 53.6 Å². The van der Waals surface area contributed by atoms with Gasteiger partial charge in [-0.25, -0.2) is 0 Å². The molecule has 2 N–H and O–H groups in total. The molecule has 2 aromatic carbocycles. The van der Waals surface area contributed by atoms with Gasteiger partial charge in [0, 0.05) is 17.7 Å². The van der Waals surface area contributed by atoms with Gasteiger partial charge >= 0.3 is 0 Å². The normalized spacial score (nSPS) is 10.9. The first-order chi connectivity index (χ1) is 12.5. The average molecular weight is 372 g/mol. The first-order valence-electron chi connectivity index (χ1n) is 8.06. The lowest BCUT2D eigenvalue weighted by molar-refractivity contribution is -0.384. The van der Waals surface area contributed by atoms with E-state index in [4.69, 9.17) is 17.0 Å². The van der Waals surface area contributed by atoms with Gasteiger partial charge < -0.3 is 10.1 Å². The highest BCUT2D eigenvalue weighted by molar-refractivity contribution is 7.80. The van der Waals surface area contributed by atoms with Crippen LogP contribution in [0.5, 0.6) is 5.75 Å². The number of nitro groups is 1. The molecule has 0 saturated carbocycles. The number of methoxy groups -OCH3 is 1. The Labute approximate surface area is 157 Å². The van der Waals surface area contributed by atoms with Crippen LogP contribution in [0.3, 0.4) is 0 Å². The fourth-order valence-corrected chi connectivity index (χ4v) is 2.47. The lowest BCUT2D eigenvalue weighted by atomic mass is 10.1. The third-order valence-electron chi connectivity index (χ3n) is 3.52. The van der Waals surface area contributed by atoms with Crippen LogP contribution in [0, 0.1) is 10.1 Å². The van der Waals surface area contributed by atoms with Crippen molar-refractivity contribution >= 4 is 34.4 Å². The Balaban J connectivity index is 2.15. The third kappa shape index (κ3) is 5.25. The summed E-state index contributed by atoms with van der Waals surface area (Å²) in [6, 6.07) is 13.8. The van der Waals surface area contributed by atoms with Crippen LogP contribution >= 0.6 is 12.2 Å². The van der Waals surface area contributed by atoms with Gasteiger partial charge in [-0.05, 0) is 30.8 Å². The summed E-state index contributed by atoms with van der Waals surface area (Å²) >= 11 is 5.27. The summed E-state index contributed by atoms with van der Waals surface area (Å²) in [5.74, 6) is 0.660. The summed E-state index contributed by atoms with van der Waals surface area (Å²) in [5.41, 5.74) is 4.93. The standard InChI is InChI=1S/C18H20N4O3S/c1-3-7-15(13-8-6-9-14(12-13)22(23)24)20-21-18(26)19-16-10-4-5-11-17(16)25-2/h4-6,8-12H,3,7H2,1-2H3,(H2,19,21,26)/b20-15-. The Morgan fingerprint density at radius 1 is 1.27 bits per heavy atom. The van der Waals surface area contributed by atoms with Crippen LogP contribution in [0.2, 0.25) is 0 Å². The van der Waals surface area contributed by atoms with E-state index in [1.165, 1.54) is 12.1 Å². The highest BCUT2D eigenvalue weighted by atomic mass is 32.1. The van der Waals surface area contributed by atoms with E-state index >= 15 is 0 Å². The molecule has 0 bridgehead atoms. The minimum atomic E-state index is -0.422. The molecule has 8 heteroatoms. The van der Waals surface area contributed by atoms with Gasteiger partial charge in [-0.3, -0.25) is 15.5 Å². The largest absolute Gasteiger partial charge is 0.495 e. The quantitative estimate of drug-likeness (QED) is 0.329. The molecular weight excluding hydrogens is 352 g/mol. The van der Waals surface area contributed by atoms with Crippen LogP contribution in [-0.2, 0) is 0 Å². The second-order valence-corrected chi connectivity index (χ2v) is 5.79. The van der Waals surface area contributed by atoms with Crippen LogP contribution < -0.4 is 15.5 Å². The molecule has 0 aliphatic rings. The van der Waals surface area contributed by atoms with Gasteiger partial charge in [0.15, 0.2) is 5.11 Å². The van der Waals surface area contributed by atoms with Gasteiger partial charge in [-0.1, -0.05) is 37.6 Å². The molecule has 0 aliphatic carbocycles. The van der Waals surface area contributed by atoms with Crippen molar-refractivity contribution in [3.63, 3.8) is 0 Å². The van der Waals surface area contributed by atoms with Crippen molar-refractivity contribution in [2.45, 2.75) is 19.8 Å². The molecule has 0 saturated heterocycles. The van der Waals surface area contributed by atoms with Crippen molar-refractivity contribution in [3.8, 4) is 5.75 Å². The van der Waals surface area contributed by atoms with E-state index in [2.05, 4.69) is 15.8 Å². The molecule has 0 radical (unpaired) electrons. The minimum absolute atomic E-state index is 0.0287. The molecule has 0 fully saturated rings. The Hall–Kier alpha value is -3.00. The molecule has 0 aliphatic heterocycles. The summed E-state index contributed by atoms with van der Waals surface area (Å²) < 4.78 is 5.27. The number of nitrogens with one attached hydrogen (secondary N) is 2. The molecule has 7 nitrogen and oxygen atoms in total.